The van der Waals surface area contributed by atoms with Gasteiger partial charge in [0.05, 0.1) is 0 Å². The molecule has 0 bridgehead atoms. The first-order valence-electron chi connectivity index (χ1n) is 13.7. The summed E-state index contributed by atoms with van der Waals surface area (Å²) in [6, 6.07) is 11.9. The van der Waals surface area contributed by atoms with E-state index in [1.807, 2.05) is 0 Å². The highest BCUT2D eigenvalue weighted by molar-refractivity contribution is 5.80. The molecule has 0 heteroatoms. The van der Waals surface area contributed by atoms with Crippen molar-refractivity contribution in [2.24, 2.45) is 29.6 Å². The maximum absolute atomic E-state index is 4.47. The molecule has 0 saturated heterocycles. The molecular formula is C34H40. The van der Waals surface area contributed by atoms with Crippen molar-refractivity contribution in [3.05, 3.63) is 88.0 Å². The second-order valence-corrected chi connectivity index (χ2v) is 12.0. The monoisotopic (exact) mass is 448 g/mol. The Balaban J connectivity index is 1.31. The SMILES string of the molecule is C=C1C(CC2=Cc3cccc(-c4cc(C)cc(C)c4C[C@@H]4CCCC[C@@H]4C)c3C2)C(=C)C2CC12. The maximum Gasteiger partial charge on any atom is 0.00449 e. The third-order valence-electron chi connectivity index (χ3n) is 9.74. The first kappa shape index (κ1) is 22.1. The van der Waals surface area contributed by atoms with E-state index in [-0.39, 0.29) is 0 Å². The highest BCUT2D eigenvalue weighted by atomic mass is 14.6. The van der Waals surface area contributed by atoms with Crippen molar-refractivity contribution >= 4 is 6.08 Å². The molecule has 3 fully saturated rings. The van der Waals surface area contributed by atoms with Gasteiger partial charge >= 0.3 is 0 Å². The average Bonchev–Trinajstić information content (AvgIpc) is 3.45. The number of rotatable bonds is 5. The van der Waals surface area contributed by atoms with E-state index < -0.39 is 0 Å². The molecule has 6 rings (SSSR count). The fourth-order valence-corrected chi connectivity index (χ4v) is 7.58. The predicted molar refractivity (Wildman–Crippen MR) is 146 cm³/mol. The van der Waals surface area contributed by atoms with Gasteiger partial charge in [0.1, 0.15) is 0 Å². The molecule has 34 heavy (non-hydrogen) atoms. The lowest BCUT2D eigenvalue weighted by Crippen LogP contribution is -2.19. The third-order valence-corrected chi connectivity index (χ3v) is 9.74. The van der Waals surface area contributed by atoms with Crippen LogP contribution in [-0.4, -0.2) is 0 Å². The van der Waals surface area contributed by atoms with E-state index in [9.17, 15) is 0 Å². The summed E-state index contributed by atoms with van der Waals surface area (Å²) >= 11 is 0. The van der Waals surface area contributed by atoms with E-state index in [0.717, 1.165) is 36.5 Å². The normalized spacial score (nSPS) is 29.7. The zero-order chi connectivity index (χ0) is 23.6. The van der Waals surface area contributed by atoms with E-state index in [0.29, 0.717) is 5.92 Å². The molecule has 4 aliphatic rings. The van der Waals surface area contributed by atoms with E-state index in [1.165, 1.54) is 77.5 Å². The topological polar surface area (TPSA) is 0 Å². The Kier molecular flexibility index (Phi) is 5.47. The Morgan fingerprint density at radius 3 is 2.44 bits per heavy atom. The summed E-state index contributed by atoms with van der Waals surface area (Å²) in [4.78, 5) is 0. The van der Waals surface area contributed by atoms with Crippen LogP contribution in [0.3, 0.4) is 0 Å². The van der Waals surface area contributed by atoms with E-state index in [1.54, 1.807) is 16.7 Å². The Labute approximate surface area is 206 Å². The average molecular weight is 449 g/mol. The molecule has 0 heterocycles. The van der Waals surface area contributed by atoms with E-state index >= 15 is 0 Å². The van der Waals surface area contributed by atoms with Crippen LogP contribution in [0.4, 0.5) is 0 Å². The molecule has 2 unspecified atom stereocenters. The molecule has 176 valence electrons. The fourth-order valence-electron chi connectivity index (χ4n) is 7.58. The van der Waals surface area contributed by atoms with Crippen LogP contribution in [0.1, 0.15) is 73.3 Å². The minimum absolute atomic E-state index is 0.511. The molecule has 0 nitrogen and oxygen atoms in total. The lowest BCUT2D eigenvalue weighted by molar-refractivity contribution is 0.254. The summed E-state index contributed by atoms with van der Waals surface area (Å²) in [5.41, 5.74) is 14.9. The van der Waals surface area contributed by atoms with Crippen molar-refractivity contribution in [2.75, 3.05) is 0 Å². The fraction of sp³-hybridized carbons (Fsp3) is 0.471. The van der Waals surface area contributed by atoms with Gasteiger partial charge in [-0.25, -0.2) is 0 Å². The molecule has 2 aromatic rings. The predicted octanol–water partition coefficient (Wildman–Crippen LogP) is 9.05. The van der Waals surface area contributed by atoms with Gasteiger partial charge in [-0.15, -0.1) is 0 Å². The van der Waals surface area contributed by atoms with Crippen molar-refractivity contribution in [3.63, 3.8) is 0 Å². The van der Waals surface area contributed by atoms with Crippen molar-refractivity contribution in [1.29, 1.82) is 0 Å². The largest absolute Gasteiger partial charge is 0.0989 e. The Bertz CT molecular complexity index is 1180. The maximum atomic E-state index is 4.47. The Morgan fingerprint density at radius 2 is 1.68 bits per heavy atom. The second-order valence-electron chi connectivity index (χ2n) is 12.0. The van der Waals surface area contributed by atoms with Crippen LogP contribution in [0, 0.1) is 43.4 Å². The molecule has 0 amide bonds. The summed E-state index contributed by atoms with van der Waals surface area (Å²) < 4.78 is 0. The Morgan fingerprint density at radius 1 is 0.912 bits per heavy atom. The molecular weight excluding hydrogens is 408 g/mol. The van der Waals surface area contributed by atoms with Crippen molar-refractivity contribution in [2.45, 2.75) is 72.1 Å². The summed E-state index contributed by atoms with van der Waals surface area (Å²) in [6.07, 6.45) is 12.9. The van der Waals surface area contributed by atoms with Gasteiger partial charge < -0.3 is 0 Å². The van der Waals surface area contributed by atoms with Crippen LogP contribution >= 0.6 is 0 Å². The standard InChI is InChI=1S/C34H40/c1-20-13-22(3)29(18-26-10-7-6-9-21(26)2)34(14-20)28-12-8-11-27-15-25(17-33(27)28)16-30-23(4)31-19-32(31)24(30)5/h8,11-15,21,26,30-32H,4-7,9-10,16-19H2,1-3H3/t21-,26-,30?,31?,32?/m0/s1. The van der Waals surface area contributed by atoms with E-state index in [4.69, 9.17) is 0 Å². The third kappa shape index (κ3) is 3.74. The van der Waals surface area contributed by atoms with Crippen LogP contribution in [0.25, 0.3) is 17.2 Å². The van der Waals surface area contributed by atoms with Crippen LogP contribution in [0.15, 0.2) is 60.2 Å². The first-order chi connectivity index (χ1) is 16.4. The summed E-state index contributed by atoms with van der Waals surface area (Å²) in [7, 11) is 0. The number of hydrogen-bond acceptors (Lipinski definition) is 0. The number of benzene rings is 2. The van der Waals surface area contributed by atoms with Crippen LogP contribution in [0.5, 0.6) is 0 Å². The highest BCUT2D eigenvalue weighted by Gasteiger charge is 2.51. The molecule has 0 aliphatic heterocycles. The zero-order valence-corrected chi connectivity index (χ0v) is 21.4. The van der Waals surface area contributed by atoms with Crippen LogP contribution in [-0.2, 0) is 12.8 Å². The molecule has 4 atom stereocenters. The number of allylic oxidation sites excluding steroid dienone is 3. The van der Waals surface area contributed by atoms with Gasteiger partial charge in [0.15, 0.2) is 0 Å². The first-order valence-corrected chi connectivity index (χ1v) is 13.7. The lowest BCUT2D eigenvalue weighted by Gasteiger charge is -2.30. The summed E-state index contributed by atoms with van der Waals surface area (Å²) in [6.45, 7) is 16.0. The molecule has 0 N–H and O–H groups in total. The molecule has 3 saturated carbocycles. The highest BCUT2D eigenvalue weighted by Crippen LogP contribution is 2.61. The minimum Gasteiger partial charge on any atom is -0.0989 e. The Hall–Kier alpha value is -2.34. The molecule has 4 aliphatic carbocycles. The molecule has 2 aromatic carbocycles. The summed E-state index contributed by atoms with van der Waals surface area (Å²) in [5.74, 6) is 3.67. The molecule has 0 radical (unpaired) electrons. The van der Waals surface area contributed by atoms with Crippen LogP contribution < -0.4 is 0 Å². The summed E-state index contributed by atoms with van der Waals surface area (Å²) in [5, 5.41) is 0. The van der Waals surface area contributed by atoms with Gasteiger partial charge in [-0.1, -0.05) is 98.0 Å². The van der Waals surface area contributed by atoms with Gasteiger partial charge in [0.2, 0.25) is 0 Å². The van der Waals surface area contributed by atoms with Crippen molar-refractivity contribution < 1.29 is 0 Å². The van der Waals surface area contributed by atoms with Gasteiger partial charge in [0, 0.05) is 5.92 Å². The number of hydrogen-bond donors (Lipinski definition) is 0. The number of fused-ring (bicyclic) bond motifs is 2. The van der Waals surface area contributed by atoms with Gasteiger partial charge in [0.25, 0.3) is 0 Å². The van der Waals surface area contributed by atoms with Gasteiger partial charge in [-0.3, -0.25) is 0 Å². The molecule has 0 spiro atoms. The van der Waals surface area contributed by atoms with Crippen molar-refractivity contribution in [1.82, 2.24) is 0 Å². The minimum atomic E-state index is 0.511. The second kappa shape index (κ2) is 8.40. The molecule has 0 aromatic heterocycles. The van der Waals surface area contributed by atoms with Crippen LogP contribution in [0.2, 0.25) is 0 Å². The van der Waals surface area contributed by atoms with Gasteiger partial charge in [-0.2, -0.15) is 0 Å². The van der Waals surface area contributed by atoms with Gasteiger partial charge in [-0.05, 0) is 103 Å². The number of aryl methyl sites for hydroxylation is 2. The van der Waals surface area contributed by atoms with E-state index in [2.05, 4.69) is 70.3 Å². The van der Waals surface area contributed by atoms with Crippen molar-refractivity contribution in [3.8, 4) is 11.1 Å². The lowest BCUT2D eigenvalue weighted by atomic mass is 9.75. The zero-order valence-electron chi connectivity index (χ0n) is 21.4. The quantitative estimate of drug-likeness (QED) is 0.400. The smallest absolute Gasteiger partial charge is 0.00449 e.